The number of amides is 2. The highest BCUT2D eigenvalue weighted by Crippen LogP contribution is 2.75. The molecule has 5 aliphatic rings. The van der Waals surface area contributed by atoms with Gasteiger partial charge in [0.1, 0.15) is 0 Å². The Hall–Kier alpha value is -2.24. The van der Waals surface area contributed by atoms with E-state index in [0.29, 0.717) is 31.5 Å². The topological polar surface area (TPSA) is 92.3 Å². The second kappa shape index (κ2) is 12.6. The van der Waals surface area contributed by atoms with E-state index in [9.17, 15) is 19.2 Å². The molecule has 6 nitrogen and oxygen atoms in total. The summed E-state index contributed by atoms with van der Waals surface area (Å²) in [7, 11) is 0. The zero-order valence-electron chi connectivity index (χ0n) is 31.0. The van der Waals surface area contributed by atoms with Gasteiger partial charge < -0.3 is 10.6 Å². The number of ketones is 2. The first kappa shape index (κ1) is 36.1. The first-order chi connectivity index (χ1) is 21.9. The number of hydrogen-bond acceptors (Lipinski definition) is 4. The zero-order valence-corrected chi connectivity index (χ0v) is 31.0. The van der Waals surface area contributed by atoms with E-state index in [2.05, 4.69) is 72.6 Å². The molecule has 0 unspecified atom stereocenters. The molecule has 0 aromatic heterocycles. The molecule has 47 heavy (non-hydrogen) atoms. The zero-order chi connectivity index (χ0) is 34.6. The summed E-state index contributed by atoms with van der Waals surface area (Å²) in [4.78, 5) is 54.0. The molecule has 6 heteroatoms. The Balaban J connectivity index is 1.32. The van der Waals surface area contributed by atoms with Crippen LogP contribution >= 0.6 is 0 Å². The van der Waals surface area contributed by atoms with Gasteiger partial charge in [0.2, 0.25) is 11.8 Å². The van der Waals surface area contributed by atoms with Gasteiger partial charge in [-0.2, -0.15) is 0 Å². The highest BCUT2D eigenvalue weighted by molar-refractivity contribution is 6.01. The van der Waals surface area contributed by atoms with Crippen LogP contribution in [0.25, 0.3) is 0 Å². The van der Waals surface area contributed by atoms with Gasteiger partial charge in [-0.25, -0.2) is 0 Å². The molecule has 0 aliphatic heterocycles. The molecule has 2 N–H and O–H groups in total. The van der Waals surface area contributed by atoms with Crippen LogP contribution in [0.1, 0.15) is 145 Å². The molecule has 0 aromatic carbocycles. The smallest absolute Gasteiger partial charge is 0.226 e. The molecule has 5 aliphatic carbocycles. The number of fused-ring (bicyclic) bond motifs is 7. The van der Waals surface area contributed by atoms with Gasteiger partial charge in [0, 0.05) is 36.3 Å². The van der Waals surface area contributed by atoms with Crippen molar-refractivity contribution in [3.8, 4) is 0 Å². The van der Waals surface area contributed by atoms with Crippen LogP contribution in [0, 0.1) is 50.2 Å². The van der Waals surface area contributed by atoms with E-state index in [4.69, 9.17) is 0 Å². The normalized spacial score (nSPS) is 40.7. The molecular weight excluding hydrogens is 584 g/mol. The number of rotatable bonds is 10. The Morgan fingerprint density at radius 1 is 0.872 bits per heavy atom. The number of carbonyl (C=O) groups excluding carboxylic acids is 4. The highest BCUT2D eigenvalue weighted by Gasteiger charge is 2.70. The Bertz CT molecular complexity index is 1350. The fraction of sp³-hybridized carbons (Fsp3) is 0.805. The summed E-state index contributed by atoms with van der Waals surface area (Å²) >= 11 is 0. The first-order valence-corrected chi connectivity index (χ1v) is 18.9. The average Bonchev–Trinajstić information content (AvgIpc) is 2.99. The van der Waals surface area contributed by atoms with Crippen LogP contribution in [0.5, 0.6) is 0 Å². The Kier molecular flexibility index (Phi) is 9.65. The second-order valence-corrected chi connectivity index (χ2v) is 18.4. The van der Waals surface area contributed by atoms with Crippen molar-refractivity contribution in [1.29, 1.82) is 0 Å². The minimum absolute atomic E-state index is 0.0631. The molecule has 4 fully saturated rings. The Labute approximate surface area is 285 Å². The average molecular weight is 649 g/mol. The molecule has 0 radical (unpaired) electrons. The molecular formula is C41H64N2O4. The van der Waals surface area contributed by atoms with Gasteiger partial charge in [0.15, 0.2) is 11.6 Å². The van der Waals surface area contributed by atoms with Crippen LogP contribution in [0.4, 0.5) is 0 Å². The quantitative estimate of drug-likeness (QED) is 0.184. The van der Waals surface area contributed by atoms with Gasteiger partial charge in [-0.1, -0.05) is 93.2 Å². The SMILES string of the molecule is C=C1C[C@]2(C)[C@H]3C(=O)C=C4[C@@H]5C[C@@](C)(C(=O)NCCNC(=O)CCCCCCC)CC[C@]5(C)CC[C@@]4(C)[C@]3(C)CC[C@H]2C(C)(C)C1=O. The van der Waals surface area contributed by atoms with Gasteiger partial charge in [0.25, 0.3) is 0 Å². The van der Waals surface area contributed by atoms with E-state index in [0.717, 1.165) is 57.8 Å². The Morgan fingerprint density at radius 3 is 2.23 bits per heavy atom. The van der Waals surface area contributed by atoms with Crippen molar-refractivity contribution >= 4 is 23.4 Å². The maximum absolute atomic E-state index is 14.6. The minimum Gasteiger partial charge on any atom is -0.354 e. The van der Waals surface area contributed by atoms with E-state index >= 15 is 0 Å². The van der Waals surface area contributed by atoms with Crippen molar-refractivity contribution in [1.82, 2.24) is 10.6 Å². The summed E-state index contributed by atoms with van der Waals surface area (Å²) < 4.78 is 0. The van der Waals surface area contributed by atoms with E-state index in [1.165, 1.54) is 24.8 Å². The van der Waals surface area contributed by atoms with Crippen molar-refractivity contribution in [2.24, 2.45) is 50.2 Å². The van der Waals surface area contributed by atoms with Crippen LogP contribution in [0.2, 0.25) is 0 Å². The van der Waals surface area contributed by atoms with Crippen molar-refractivity contribution in [3.05, 3.63) is 23.8 Å². The molecule has 5 rings (SSSR count). The molecule has 0 bridgehead atoms. The third kappa shape index (κ3) is 5.79. The highest BCUT2D eigenvalue weighted by atomic mass is 16.2. The first-order valence-electron chi connectivity index (χ1n) is 18.9. The van der Waals surface area contributed by atoms with Gasteiger partial charge in [-0.05, 0) is 103 Å². The van der Waals surface area contributed by atoms with Gasteiger partial charge >= 0.3 is 0 Å². The number of hydrogen-bond donors (Lipinski definition) is 2. The van der Waals surface area contributed by atoms with Crippen molar-refractivity contribution in [2.45, 2.75) is 145 Å². The van der Waals surface area contributed by atoms with Crippen molar-refractivity contribution < 1.29 is 19.2 Å². The fourth-order valence-electron chi connectivity index (χ4n) is 11.9. The summed E-state index contributed by atoms with van der Waals surface area (Å²) in [5.41, 5.74) is 0.308. The molecule has 8 atom stereocenters. The second-order valence-electron chi connectivity index (χ2n) is 18.4. The number of Topliss-reactive ketones (excluding diaryl/α,β-unsaturated/α-hetero) is 1. The predicted molar refractivity (Wildman–Crippen MR) is 188 cm³/mol. The van der Waals surface area contributed by atoms with Gasteiger partial charge in [-0.15, -0.1) is 0 Å². The van der Waals surface area contributed by atoms with Gasteiger partial charge in [0.05, 0.1) is 0 Å². The van der Waals surface area contributed by atoms with E-state index in [1.807, 2.05) is 6.08 Å². The van der Waals surface area contributed by atoms with Crippen LogP contribution in [0.3, 0.4) is 0 Å². The maximum atomic E-state index is 14.6. The number of nitrogens with one attached hydrogen (secondary N) is 2. The lowest BCUT2D eigenvalue weighted by atomic mass is 9.33. The lowest BCUT2D eigenvalue weighted by molar-refractivity contribution is -0.182. The van der Waals surface area contributed by atoms with Crippen molar-refractivity contribution in [2.75, 3.05) is 13.1 Å². The van der Waals surface area contributed by atoms with E-state index < -0.39 is 10.8 Å². The predicted octanol–water partition coefficient (Wildman–Crippen LogP) is 8.30. The lowest BCUT2D eigenvalue weighted by Gasteiger charge is -2.70. The van der Waals surface area contributed by atoms with Crippen LogP contribution in [0.15, 0.2) is 23.8 Å². The summed E-state index contributed by atoms with van der Waals surface area (Å²) in [6.07, 6.45) is 15.4. The molecule has 0 aromatic rings. The fourth-order valence-corrected chi connectivity index (χ4v) is 11.9. The van der Waals surface area contributed by atoms with Crippen LogP contribution < -0.4 is 10.6 Å². The van der Waals surface area contributed by atoms with Crippen molar-refractivity contribution in [3.63, 3.8) is 0 Å². The van der Waals surface area contributed by atoms with E-state index in [1.54, 1.807) is 0 Å². The summed E-state index contributed by atoms with van der Waals surface area (Å²) in [6, 6.07) is 0. The third-order valence-electron chi connectivity index (χ3n) is 15.0. The molecule has 2 amide bonds. The van der Waals surface area contributed by atoms with Gasteiger partial charge in [-0.3, -0.25) is 19.2 Å². The summed E-state index contributed by atoms with van der Waals surface area (Å²) in [6.45, 7) is 23.0. The monoisotopic (exact) mass is 648 g/mol. The largest absolute Gasteiger partial charge is 0.354 e. The number of carbonyl (C=O) groups is 4. The maximum Gasteiger partial charge on any atom is 0.226 e. The van der Waals surface area contributed by atoms with E-state index in [-0.39, 0.29) is 62.8 Å². The molecule has 0 spiro atoms. The molecule has 0 heterocycles. The van der Waals surface area contributed by atoms with Crippen LogP contribution in [-0.2, 0) is 19.2 Å². The minimum atomic E-state index is -0.525. The summed E-state index contributed by atoms with van der Waals surface area (Å²) in [5, 5.41) is 6.14. The van der Waals surface area contributed by atoms with Crippen LogP contribution in [-0.4, -0.2) is 36.5 Å². The Morgan fingerprint density at radius 2 is 1.53 bits per heavy atom. The summed E-state index contributed by atoms with van der Waals surface area (Å²) in [5.74, 6) is 0.696. The molecule has 262 valence electrons. The number of unbranched alkanes of at least 4 members (excludes halogenated alkanes) is 4. The number of allylic oxidation sites excluding steroid dienone is 3. The molecule has 4 saturated carbocycles. The third-order valence-corrected chi connectivity index (χ3v) is 15.0. The lowest BCUT2D eigenvalue weighted by Crippen LogP contribution is -2.66. The standard InChI is InChI=1S/C41H64N2O4/c1-10-11-12-13-14-15-32(45)42-22-23-43-35(47)38(6)19-18-37(5)20-21-40(8)28(29(37)26-38)24-30(44)33-39(7)25-27(2)34(46)36(3,4)31(39)16-17-41(33,40)9/h24,29,31,33H,2,10-23,25-26H2,1,3-9H3,(H,42,45)(H,43,47)/t29-,31-,33+,37+,38-,39-,40+,41+/m0/s1. The molecule has 0 saturated heterocycles.